The second-order valence-electron chi connectivity index (χ2n) is 5.85. The number of pyridine rings is 3. The Morgan fingerprint density at radius 1 is 1.09 bits per heavy atom. The molecule has 0 amide bonds. The number of fused-ring (bicyclic) bond motifs is 2. The van der Waals surface area contributed by atoms with Gasteiger partial charge in [0.25, 0.3) is 11.1 Å². The Hall–Kier alpha value is -2.67. The monoisotopic (exact) mass is 313 g/mol. The fourth-order valence-corrected chi connectivity index (χ4v) is 2.61. The first-order valence-corrected chi connectivity index (χ1v) is 7.43. The molecule has 0 fully saturated rings. The van der Waals surface area contributed by atoms with Gasteiger partial charge in [-0.25, -0.2) is 9.66 Å². The Labute approximate surface area is 132 Å². The summed E-state index contributed by atoms with van der Waals surface area (Å²) < 4.78 is 2.65. The maximum Gasteiger partial charge on any atom is 0.278 e. The van der Waals surface area contributed by atoms with E-state index in [0.29, 0.717) is 28.4 Å². The fraction of sp³-hybridized carbons (Fsp3) is 0.312. The van der Waals surface area contributed by atoms with Crippen molar-refractivity contribution in [2.45, 2.75) is 13.0 Å². The summed E-state index contributed by atoms with van der Waals surface area (Å²) in [5, 5.41) is 0.791. The summed E-state index contributed by atoms with van der Waals surface area (Å²) in [6.45, 7) is 1.53. The van der Waals surface area contributed by atoms with Gasteiger partial charge in [0.1, 0.15) is 0 Å². The molecule has 2 N–H and O–H groups in total. The van der Waals surface area contributed by atoms with Crippen molar-refractivity contribution in [2.24, 2.45) is 0 Å². The lowest BCUT2D eigenvalue weighted by Crippen LogP contribution is -2.27. The number of aromatic nitrogens is 3. The maximum absolute atomic E-state index is 12.6. The molecule has 0 saturated carbocycles. The van der Waals surface area contributed by atoms with E-state index in [1.807, 2.05) is 14.1 Å². The van der Waals surface area contributed by atoms with Crippen LogP contribution >= 0.6 is 0 Å². The second kappa shape index (κ2) is 5.85. The van der Waals surface area contributed by atoms with E-state index in [2.05, 4.69) is 9.88 Å². The Morgan fingerprint density at radius 2 is 1.74 bits per heavy atom. The van der Waals surface area contributed by atoms with Crippen molar-refractivity contribution in [1.82, 2.24) is 19.1 Å². The molecule has 7 nitrogen and oxygen atoms in total. The van der Waals surface area contributed by atoms with Crippen LogP contribution in [0.15, 0.2) is 40.2 Å². The molecular weight excluding hydrogens is 294 g/mol. The second-order valence-corrected chi connectivity index (χ2v) is 5.85. The van der Waals surface area contributed by atoms with Gasteiger partial charge in [-0.15, -0.1) is 0 Å². The number of nitrogens with zero attached hydrogens (tertiary/aromatic N) is 4. The molecule has 0 bridgehead atoms. The molecule has 0 aliphatic rings. The SMILES string of the molecule is CN(C)CCCn1ccc2nc3ccn(N)c(=O)c3cc2c1=O. The zero-order valence-corrected chi connectivity index (χ0v) is 13.2. The molecule has 3 heterocycles. The minimum absolute atomic E-state index is 0.137. The number of hydrogen-bond acceptors (Lipinski definition) is 5. The quantitative estimate of drug-likeness (QED) is 0.556. The van der Waals surface area contributed by atoms with Crippen LogP contribution in [0.3, 0.4) is 0 Å². The Bertz CT molecular complexity index is 987. The van der Waals surface area contributed by atoms with Crippen LogP contribution in [0.1, 0.15) is 6.42 Å². The highest BCUT2D eigenvalue weighted by Crippen LogP contribution is 2.13. The van der Waals surface area contributed by atoms with E-state index in [0.717, 1.165) is 17.6 Å². The van der Waals surface area contributed by atoms with E-state index in [4.69, 9.17) is 5.84 Å². The average molecular weight is 313 g/mol. The fourth-order valence-electron chi connectivity index (χ4n) is 2.61. The molecule has 3 aromatic heterocycles. The molecule has 120 valence electrons. The van der Waals surface area contributed by atoms with Gasteiger partial charge >= 0.3 is 0 Å². The van der Waals surface area contributed by atoms with E-state index in [1.54, 1.807) is 29.0 Å². The number of hydrogen-bond donors (Lipinski definition) is 1. The molecule has 0 atom stereocenters. The van der Waals surface area contributed by atoms with E-state index in [1.165, 1.54) is 6.20 Å². The van der Waals surface area contributed by atoms with Gasteiger partial charge in [0.05, 0.1) is 21.8 Å². The Morgan fingerprint density at radius 3 is 2.43 bits per heavy atom. The van der Waals surface area contributed by atoms with E-state index >= 15 is 0 Å². The van der Waals surface area contributed by atoms with Crippen molar-refractivity contribution >= 4 is 21.8 Å². The molecule has 0 aliphatic heterocycles. The van der Waals surface area contributed by atoms with Gasteiger partial charge in [0.15, 0.2) is 0 Å². The van der Waals surface area contributed by atoms with E-state index in [9.17, 15) is 9.59 Å². The molecule has 0 unspecified atom stereocenters. The van der Waals surface area contributed by atoms with Crippen molar-refractivity contribution in [2.75, 3.05) is 26.5 Å². The Balaban J connectivity index is 2.12. The summed E-state index contributed by atoms with van der Waals surface area (Å²) >= 11 is 0. The first-order chi connectivity index (χ1) is 11.0. The first-order valence-electron chi connectivity index (χ1n) is 7.43. The largest absolute Gasteiger partial charge is 0.336 e. The van der Waals surface area contributed by atoms with E-state index < -0.39 is 0 Å². The van der Waals surface area contributed by atoms with E-state index in [-0.39, 0.29) is 11.1 Å². The minimum atomic E-state index is -0.362. The minimum Gasteiger partial charge on any atom is -0.336 e. The van der Waals surface area contributed by atoms with Crippen LogP contribution in [0.2, 0.25) is 0 Å². The summed E-state index contributed by atoms with van der Waals surface area (Å²) in [6, 6.07) is 5.06. The van der Waals surface area contributed by atoms with Crippen molar-refractivity contribution in [3.05, 3.63) is 51.3 Å². The van der Waals surface area contributed by atoms with Crippen LogP contribution in [0.25, 0.3) is 21.8 Å². The molecule has 0 radical (unpaired) electrons. The van der Waals surface area contributed by atoms with Crippen LogP contribution in [0.5, 0.6) is 0 Å². The van der Waals surface area contributed by atoms with Crippen LogP contribution in [0.4, 0.5) is 0 Å². The summed E-state index contributed by atoms with van der Waals surface area (Å²) in [5.41, 5.74) is 0.622. The number of rotatable bonds is 4. The zero-order valence-electron chi connectivity index (χ0n) is 13.2. The zero-order chi connectivity index (χ0) is 16.6. The highest BCUT2D eigenvalue weighted by Gasteiger charge is 2.09. The molecule has 0 saturated heterocycles. The lowest BCUT2D eigenvalue weighted by atomic mass is 10.2. The molecule has 3 aromatic rings. The van der Waals surface area contributed by atoms with Crippen LogP contribution in [0, 0.1) is 0 Å². The summed E-state index contributed by atoms with van der Waals surface area (Å²) in [6.07, 6.45) is 4.09. The molecule has 0 aromatic carbocycles. The molecule has 0 spiro atoms. The topological polar surface area (TPSA) is 86.2 Å². The predicted octanol–water partition coefficient (Wildman–Crippen LogP) is 0.377. The van der Waals surface area contributed by atoms with Crippen molar-refractivity contribution < 1.29 is 0 Å². The van der Waals surface area contributed by atoms with Gasteiger partial charge in [-0.05, 0) is 45.3 Å². The van der Waals surface area contributed by atoms with Gasteiger partial charge in [-0.1, -0.05) is 0 Å². The van der Waals surface area contributed by atoms with Crippen molar-refractivity contribution in [3.63, 3.8) is 0 Å². The maximum atomic E-state index is 12.6. The van der Waals surface area contributed by atoms with Crippen LogP contribution in [-0.4, -0.2) is 39.8 Å². The van der Waals surface area contributed by atoms with Crippen molar-refractivity contribution in [1.29, 1.82) is 0 Å². The predicted molar refractivity (Wildman–Crippen MR) is 91.1 cm³/mol. The average Bonchev–Trinajstić information content (AvgIpc) is 2.52. The smallest absolute Gasteiger partial charge is 0.278 e. The Kier molecular flexibility index (Phi) is 3.87. The van der Waals surface area contributed by atoms with Gasteiger partial charge in [0, 0.05) is 18.9 Å². The van der Waals surface area contributed by atoms with Crippen molar-refractivity contribution in [3.8, 4) is 0 Å². The third kappa shape index (κ3) is 2.83. The molecule has 0 aliphatic carbocycles. The number of nitrogen functional groups attached to an aromatic ring is 1. The molecular formula is C16H19N5O2. The lowest BCUT2D eigenvalue weighted by Gasteiger charge is -2.11. The van der Waals surface area contributed by atoms with Crippen LogP contribution in [-0.2, 0) is 6.54 Å². The van der Waals surface area contributed by atoms with Gasteiger partial charge in [0.2, 0.25) is 0 Å². The molecule has 7 heteroatoms. The highest BCUT2D eigenvalue weighted by molar-refractivity contribution is 5.91. The lowest BCUT2D eigenvalue weighted by molar-refractivity contribution is 0.385. The van der Waals surface area contributed by atoms with Gasteiger partial charge in [-0.2, -0.15) is 0 Å². The summed E-state index contributed by atoms with van der Waals surface area (Å²) in [4.78, 5) is 31.2. The summed E-state index contributed by atoms with van der Waals surface area (Å²) in [5.74, 6) is 5.58. The number of aryl methyl sites for hydroxylation is 1. The normalized spacial score (nSPS) is 11.6. The van der Waals surface area contributed by atoms with Gasteiger partial charge < -0.3 is 15.3 Å². The first kappa shape index (κ1) is 15.2. The van der Waals surface area contributed by atoms with Crippen LogP contribution < -0.4 is 17.0 Å². The van der Waals surface area contributed by atoms with Gasteiger partial charge in [-0.3, -0.25) is 9.59 Å². The highest BCUT2D eigenvalue weighted by atomic mass is 16.1. The third-order valence-corrected chi connectivity index (χ3v) is 3.85. The molecule has 23 heavy (non-hydrogen) atoms. The third-order valence-electron chi connectivity index (χ3n) is 3.85. The molecule has 3 rings (SSSR count). The standard InChI is InChI=1S/C16H19N5O2/c1-19(2)6-3-7-20-8-4-13-11(15(20)22)10-12-14(18-13)5-9-21(17)16(12)23/h4-5,8-10H,3,6-7,17H2,1-2H3. The summed E-state index contributed by atoms with van der Waals surface area (Å²) in [7, 11) is 3.99. The number of nitrogens with two attached hydrogens (primary N) is 1.